The maximum Gasteiger partial charge on any atom is 0.146 e. The molecule has 0 heterocycles. The van der Waals surface area contributed by atoms with Crippen LogP contribution < -0.4 is 10.5 Å². The first-order valence-electron chi connectivity index (χ1n) is 5.16. The molecule has 0 aliphatic carbocycles. The van der Waals surface area contributed by atoms with Crippen molar-refractivity contribution in [1.29, 1.82) is 0 Å². The van der Waals surface area contributed by atoms with Crippen molar-refractivity contribution in [2.75, 3.05) is 5.73 Å². The topological polar surface area (TPSA) is 35.2 Å². The summed E-state index contributed by atoms with van der Waals surface area (Å²) in [7, 11) is 0. The van der Waals surface area contributed by atoms with Crippen LogP contribution in [0.3, 0.4) is 0 Å². The molecule has 0 radical (unpaired) electrons. The normalized spacial score (nSPS) is 10.4. The third kappa shape index (κ3) is 2.76. The quantitative estimate of drug-likeness (QED) is 0.793. The maximum absolute atomic E-state index is 12.9. The molecule has 2 nitrogen and oxygen atoms in total. The van der Waals surface area contributed by atoms with E-state index in [1.807, 2.05) is 6.92 Å². The highest BCUT2D eigenvalue weighted by Gasteiger charge is 2.09. The van der Waals surface area contributed by atoms with Gasteiger partial charge in [-0.05, 0) is 58.7 Å². The summed E-state index contributed by atoms with van der Waals surface area (Å²) in [4.78, 5) is 0. The number of aryl methyl sites for hydroxylation is 1. The Kier molecular flexibility index (Phi) is 3.78. The SMILES string of the molecule is Cc1cc(Oc2ccc(F)cc2Cl)c(Br)cc1N. The van der Waals surface area contributed by atoms with E-state index in [-0.39, 0.29) is 5.02 Å². The van der Waals surface area contributed by atoms with Crippen LogP contribution in [0, 0.1) is 12.7 Å². The zero-order valence-corrected chi connectivity index (χ0v) is 11.8. The molecule has 0 bridgehead atoms. The standard InChI is InChI=1S/C13H10BrClFNO/c1-7-4-13(9(14)6-11(7)17)18-12-3-2-8(16)5-10(12)15/h2-6H,17H2,1H3. The second-order valence-corrected chi connectivity index (χ2v) is 5.08. The molecule has 2 rings (SSSR count). The van der Waals surface area contributed by atoms with E-state index < -0.39 is 5.82 Å². The van der Waals surface area contributed by atoms with Crippen molar-refractivity contribution in [3.8, 4) is 11.5 Å². The van der Waals surface area contributed by atoms with Crippen molar-refractivity contribution >= 4 is 33.2 Å². The smallest absolute Gasteiger partial charge is 0.146 e. The highest BCUT2D eigenvalue weighted by molar-refractivity contribution is 9.10. The molecule has 0 atom stereocenters. The highest BCUT2D eigenvalue weighted by Crippen LogP contribution is 2.36. The molecule has 0 amide bonds. The lowest BCUT2D eigenvalue weighted by Gasteiger charge is -2.11. The van der Waals surface area contributed by atoms with E-state index in [4.69, 9.17) is 22.1 Å². The lowest BCUT2D eigenvalue weighted by Crippen LogP contribution is -1.93. The number of hydrogen-bond acceptors (Lipinski definition) is 2. The maximum atomic E-state index is 12.9. The molecule has 2 N–H and O–H groups in total. The third-order valence-electron chi connectivity index (χ3n) is 2.43. The molecule has 2 aromatic carbocycles. The Morgan fingerprint density at radius 1 is 1.22 bits per heavy atom. The highest BCUT2D eigenvalue weighted by atomic mass is 79.9. The van der Waals surface area contributed by atoms with E-state index in [0.717, 1.165) is 5.56 Å². The summed E-state index contributed by atoms with van der Waals surface area (Å²) in [6, 6.07) is 7.52. The van der Waals surface area contributed by atoms with Gasteiger partial charge in [-0.3, -0.25) is 0 Å². The minimum absolute atomic E-state index is 0.219. The van der Waals surface area contributed by atoms with Gasteiger partial charge in [-0.25, -0.2) is 4.39 Å². The number of ether oxygens (including phenoxy) is 1. The van der Waals surface area contributed by atoms with Crippen molar-refractivity contribution < 1.29 is 9.13 Å². The Hall–Kier alpha value is -1.26. The van der Waals surface area contributed by atoms with Crippen LogP contribution in [0.25, 0.3) is 0 Å². The lowest BCUT2D eigenvalue weighted by atomic mass is 10.2. The minimum atomic E-state index is -0.403. The molecule has 0 saturated heterocycles. The monoisotopic (exact) mass is 329 g/mol. The van der Waals surface area contributed by atoms with Gasteiger partial charge in [0.25, 0.3) is 0 Å². The van der Waals surface area contributed by atoms with Gasteiger partial charge >= 0.3 is 0 Å². The zero-order chi connectivity index (χ0) is 13.3. The van der Waals surface area contributed by atoms with Gasteiger partial charge in [0.1, 0.15) is 17.3 Å². The Balaban J connectivity index is 2.37. The largest absolute Gasteiger partial charge is 0.455 e. The molecule has 0 aromatic heterocycles. The molecule has 2 aromatic rings. The van der Waals surface area contributed by atoms with Crippen LogP contribution in [0.5, 0.6) is 11.5 Å². The van der Waals surface area contributed by atoms with Crippen LogP contribution >= 0.6 is 27.5 Å². The molecule has 5 heteroatoms. The lowest BCUT2D eigenvalue weighted by molar-refractivity contribution is 0.477. The fourth-order valence-corrected chi connectivity index (χ4v) is 2.07. The number of halogens is 3. The van der Waals surface area contributed by atoms with Crippen LogP contribution in [-0.2, 0) is 0 Å². The van der Waals surface area contributed by atoms with E-state index in [9.17, 15) is 4.39 Å². The number of nitrogens with two attached hydrogens (primary N) is 1. The Labute approximate surface area is 118 Å². The van der Waals surface area contributed by atoms with Crippen LogP contribution in [0.4, 0.5) is 10.1 Å². The molecular formula is C13H10BrClFNO. The zero-order valence-electron chi connectivity index (χ0n) is 9.51. The first-order chi connectivity index (χ1) is 8.47. The molecule has 18 heavy (non-hydrogen) atoms. The Morgan fingerprint density at radius 3 is 2.61 bits per heavy atom. The van der Waals surface area contributed by atoms with E-state index in [1.54, 1.807) is 12.1 Å². The fraction of sp³-hybridized carbons (Fsp3) is 0.0769. The number of benzene rings is 2. The van der Waals surface area contributed by atoms with E-state index in [0.29, 0.717) is 21.7 Å². The number of hydrogen-bond donors (Lipinski definition) is 1. The average molecular weight is 331 g/mol. The van der Waals surface area contributed by atoms with Gasteiger partial charge in [0.05, 0.1) is 9.50 Å². The Morgan fingerprint density at radius 2 is 1.94 bits per heavy atom. The number of anilines is 1. The predicted octanol–water partition coefficient (Wildman–Crippen LogP) is 4.92. The average Bonchev–Trinajstić information content (AvgIpc) is 2.29. The van der Waals surface area contributed by atoms with Crippen molar-refractivity contribution in [1.82, 2.24) is 0 Å². The summed E-state index contributed by atoms with van der Waals surface area (Å²) >= 11 is 9.25. The van der Waals surface area contributed by atoms with Gasteiger partial charge in [0.15, 0.2) is 0 Å². The summed E-state index contributed by atoms with van der Waals surface area (Å²) in [5, 5.41) is 0.219. The van der Waals surface area contributed by atoms with E-state index >= 15 is 0 Å². The van der Waals surface area contributed by atoms with Crippen molar-refractivity contribution in [2.24, 2.45) is 0 Å². The summed E-state index contributed by atoms with van der Waals surface area (Å²) < 4.78 is 19.3. The minimum Gasteiger partial charge on any atom is -0.455 e. The van der Waals surface area contributed by atoms with E-state index in [1.165, 1.54) is 18.2 Å². The fourth-order valence-electron chi connectivity index (χ4n) is 1.43. The van der Waals surface area contributed by atoms with Crippen LogP contribution in [0.2, 0.25) is 5.02 Å². The molecule has 0 aliphatic rings. The number of rotatable bonds is 2. The molecule has 0 unspecified atom stereocenters. The van der Waals surface area contributed by atoms with Crippen LogP contribution in [0.15, 0.2) is 34.8 Å². The first kappa shape index (κ1) is 13.2. The second kappa shape index (κ2) is 5.16. The van der Waals surface area contributed by atoms with Gasteiger partial charge in [-0.2, -0.15) is 0 Å². The second-order valence-electron chi connectivity index (χ2n) is 3.82. The summed E-state index contributed by atoms with van der Waals surface area (Å²) in [5.74, 6) is 0.568. The van der Waals surface area contributed by atoms with Gasteiger partial charge in [-0.1, -0.05) is 11.6 Å². The Bertz CT molecular complexity index is 604. The predicted molar refractivity (Wildman–Crippen MR) is 74.8 cm³/mol. The van der Waals surface area contributed by atoms with Crippen molar-refractivity contribution in [3.63, 3.8) is 0 Å². The van der Waals surface area contributed by atoms with Gasteiger partial charge in [-0.15, -0.1) is 0 Å². The van der Waals surface area contributed by atoms with E-state index in [2.05, 4.69) is 15.9 Å². The van der Waals surface area contributed by atoms with Crippen LogP contribution in [0.1, 0.15) is 5.56 Å². The van der Waals surface area contributed by atoms with Crippen molar-refractivity contribution in [2.45, 2.75) is 6.92 Å². The van der Waals surface area contributed by atoms with Crippen molar-refractivity contribution in [3.05, 3.63) is 51.2 Å². The molecule has 0 spiro atoms. The molecule has 0 aliphatic heterocycles. The summed E-state index contributed by atoms with van der Waals surface area (Å²) in [6.45, 7) is 1.88. The summed E-state index contributed by atoms with van der Waals surface area (Å²) in [5.41, 5.74) is 7.33. The molecular weight excluding hydrogens is 321 g/mol. The molecule has 0 saturated carbocycles. The summed E-state index contributed by atoms with van der Waals surface area (Å²) in [6.07, 6.45) is 0. The molecule has 0 fully saturated rings. The van der Waals surface area contributed by atoms with Gasteiger partial charge in [0, 0.05) is 5.69 Å². The van der Waals surface area contributed by atoms with Gasteiger partial charge < -0.3 is 10.5 Å². The van der Waals surface area contributed by atoms with Crippen LogP contribution in [-0.4, -0.2) is 0 Å². The third-order valence-corrected chi connectivity index (χ3v) is 3.35. The van der Waals surface area contributed by atoms with Gasteiger partial charge in [0.2, 0.25) is 0 Å². The first-order valence-corrected chi connectivity index (χ1v) is 6.33. The number of nitrogen functional groups attached to an aromatic ring is 1. The molecule has 94 valence electrons.